The number of nitrogens with zero attached hydrogens (tertiary/aromatic N) is 2. The quantitative estimate of drug-likeness (QED) is 0.661. The van der Waals surface area contributed by atoms with Gasteiger partial charge in [-0.3, -0.25) is 0 Å². The lowest BCUT2D eigenvalue weighted by Gasteiger charge is -2.11. The molecule has 2 N–H and O–H groups in total. The van der Waals surface area contributed by atoms with Crippen molar-refractivity contribution in [1.29, 1.82) is 0 Å². The van der Waals surface area contributed by atoms with Gasteiger partial charge in [-0.2, -0.15) is 0 Å². The number of rotatable bonds is 9. The first kappa shape index (κ1) is 14.8. The van der Waals surface area contributed by atoms with Gasteiger partial charge in [0.1, 0.15) is 5.82 Å². The molecule has 0 bridgehead atoms. The minimum absolute atomic E-state index is 0.954. The third-order valence-corrected chi connectivity index (χ3v) is 2.68. The van der Waals surface area contributed by atoms with E-state index in [1.165, 1.54) is 12.8 Å². The van der Waals surface area contributed by atoms with E-state index in [2.05, 4.69) is 47.6 Å². The summed E-state index contributed by atoms with van der Waals surface area (Å²) < 4.78 is 0. The largest absolute Gasteiger partial charge is 0.385 e. The zero-order valence-electron chi connectivity index (χ0n) is 11.9. The standard InChI is InChI=1S/C14H26N4/c1-4-8-16-14-12-13(7-10-17-14)15-9-5-6-11-18(2)3/h7,10,12H,4-6,8-9,11H2,1-3H3,(H2,15,16,17). The maximum Gasteiger partial charge on any atom is 0.127 e. The Balaban J connectivity index is 2.24. The van der Waals surface area contributed by atoms with E-state index < -0.39 is 0 Å². The lowest BCUT2D eigenvalue weighted by Crippen LogP contribution is -2.14. The summed E-state index contributed by atoms with van der Waals surface area (Å²) in [7, 11) is 4.23. The summed E-state index contributed by atoms with van der Waals surface area (Å²) in [6.07, 6.45) is 5.38. The van der Waals surface area contributed by atoms with Gasteiger partial charge in [-0.15, -0.1) is 0 Å². The van der Waals surface area contributed by atoms with Crippen LogP contribution in [0, 0.1) is 0 Å². The molecule has 0 aliphatic carbocycles. The van der Waals surface area contributed by atoms with Crippen LogP contribution in [0.5, 0.6) is 0 Å². The summed E-state index contributed by atoms with van der Waals surface area (Å²) in [6, 6.07) is 4.09. The molecule has 0 atom stereocenters. The summed E-state index contributed by atoms with van der Waals surface area (Å²) in [4.78, 5) is 6.51. The highest BCUT2D eigenvalue weighted by atomic mass is 15.0. The molecule has 0 radical (unpaired) electrons. The average molecular weight is 250 g/mol. The highest BCUT2D eigenvalue weighted by Gasteiger charge is 1.96. The minimum atomic E-state index is 0.954. The van der Waals surface area contributed by atoms with Crippen molar-refractivity contribution in [2.75, 3.05) is 44.4 Å². The third kappa shape index (κ3) is 6.45. The summed E-state index contributed by atoms with van der Waals surface area (Å²) in [5, 5.41) is 6.73. The van der Waals surface area contributed by atoms with Crippen LogP contribution in [-0.4, -0.2) is 43.6 Å². The van der Waals surface area contributed by atoms with Crippen molar-refractivity contribution in [3.05, 3.63) is 18.3 Å². The number of aromatic nitrogens is 1. The summed E-state index contributed by atoms with van der Waals surface area (Å²) in [5.74, 6) is 0.954. The Hall–Kier alpha value is -1.29. The summed E-state index contributed by atoms with van der Waals surface area (Å²) >= 11 is 0. The fourth-order valence-corrected chi connectivity index (χ4v) is 1.68. The van der Waals surface area contributed by atoms with E-state index in [4.69, 9.17) is 0 Å². The lowest BCUT2D eigenvalue weighted by molar-refractivity contribution is 0.396. The van der Waals surface area contributed by atoms with Crippen LogP contribution in [0.4, 0.5) is 11.5 Å². The van der Waals surface area contributed by atoms with Crippen LogP contribution in [0.2, 0.25) is 0 Å². The lowest BCUT2D eigenvalue weighted by atomic mass is 10.3. The first-order valence-electron chi connectivity index (χ1n) is 6.81. The Morgan fingerprint density at radius 1 is 1.17 bits per heavy atom. The van der Waals surface area contributed by atoms with E-state index in [1.54, 1.807) is 0 Å². The van der Waals surface area contributed by atoms with Crippen molar-refractivity contribution in [1.82, 2.24) is 9.88 Å². The van der Waals surface area contributed by atoms with Crippen LogP contribution in [0.3, 0.4) is 0 Å². The third-order valence-electron chi connectivity index (χ3n) is 2.68. The van der Waals surface area contributed by atoms with Crippen LogP contribution in [0.1, 0.15) is 26.2 Å². The molecule has 0 aliphatic heterocycles. The molecule has 18 heavy (non-hydrogen) atoms. The van der Waals surface area contributed by atoms with Gasteiger partial charge >= 0.3 is 0 Å². The Kier molecular flexibility index (Phi) is 7.18. The maximum atomic E-state index is 4.29. The topological polar surface area (TPSA) is 40.2 Å². The highest BCUT2D eigenvalue weighted by Crippen LogP contribution is 2.11. The first-order chi connectivity index (χ1) is 8.72. The van der Waals surface area contributed by atoms with Crippen molar-refractivity contribution >= 4 is 11.5 Å². The van der Waals surface area contributed by atoms with Crippen LogP contribution in [0.25, 0.3) is 0 Å². The molecular formula is C14H26N4. The monoisotopic (exact) mass is 250 g/mol. The Labute approximate surface area is 111 Å². The summed E-state index contributed by atoms with van der Waals surface area (Å²) in [6.45, 7) is 5.30. The second kappa shape index (κ2) is 8.75. The molecule has 0 saturated heterocycles. The van der Waals surface area contributed by atoms with E-state index in [0.29, 0.717) is 0 Å². The van der Waals surface area contributed by atoms with Crippen LogP contribution in [0.15, 0.2) is 18.3 Å². The van der Waals surface area contributed by atoms with Crippen LogP contribution in [-0.2, 0) is 0 Å². The molecular weight excluding hydrogens is 224 g/mol. The molecule has 1 rings (SSSR count). The van der Waals surface area contributed by atoms with Gasteiger partial charge in [-0.1, -0.05) is 6.92 Å². The molecule has 4 heteroatoms. The number of hydrogen-bond acceptors (Lipinski definition) is 4. The number of hydrogen-bond donors (Lipinski definition) is 2. The first-order valence-corrected chi connectivity index (χ1v) is 6.81. The molecule has 0 aromatic carbocycles. The van der Waals surface area contributed by atoms with E-state index in [1.807, 2.05) is 12.3 Å². The van der Waals surface area contributed by atoms with Gasteiger partial charge in [0.25, 0.3) is 0 Å². The Morgan fingerprint density at radius 3 is 2.72 bits per heavy atom. The van der Waals surface area contributed by atoms with Crippen molar-refractivity contribution in [2.24, 2.45) is 0 Å². The van der Waals surface area contributed by atoms with Gasteiger partial charge in [0, 0.05) is 31.0 Å². The minimum Gasteiger partial charge on any atom is -0.385 e. The molecule has 0 amide bonds. The smallest absolute Gasteiger partial charge is 0.127 e. The van der Waals surface area contributed by atoms with Gasteiger partial charge in [0.05, 0.1) is 0 Å². The fraction of sp³-hybridized carbons (Fsp3) is 0.643. The molecule has 0 spiro atoms. The van der Waals surface area contributed by atoms with Crippen molar-refractivity contribution in [3.63, 3.8) is 0 Å². The highest BCUT2D eigenvalue weighted by molar-refractivity contribution is 5.51. The SMILES string of the molecule is CCCNc1cc(NCCCCN(C)C)ccn1. The van der Waals surface area contributed by atoms with E-state index >= 15 is 0 Å². The predicted molar refractivity (Wildman–Crippen MR) is 79.3 cm³/mol. The van der Waals surface area contributed by atoms with Crippen molar-refractivity contribution < 1.29 is 0 Å². The molecule has 0 unspecified atom stereocenters. The maximum absolute atomic E-state index is 4.29. The van der Waals surface area contributed by atoms with E-state index in [9.17, 15) is 0 Å². The zero-order chi connectivity index (χ0) is 13.2. The normalized spacial score (nSPS) is 10.7. The molecule has 1 aromatic rings. The number of anilines is 2. The predicted octanol–water partition coefficient (Wildman–Crippen LogP) is 2.66. The van der Waals surface area contributed by atoms with Crippen molar-refractivity contribution in [2.45, 2.75) is 26.2 Å². The van der Waals surface area contributed by atoms with E-state index in [-0.39, 0.29) is 0 Å². The Morgan fingerprint density at radius 2 is 2.00 bits per heavy atom. The number of unbranched alkanes of at least 4 members (excludes halogenated alkanes) is 1. The summed E-state index contributed by atoms with van der Waals surface area (Å²) in [5.41, 5.74) is 1.15. The number of pyridine rings is 1. The molecule has 4 nitrogen and oxygen atoms in total. The van der Waals surface area contributed by atoms with E-state index in [0.717, 1.165) is 37.6 Å². The molecule has 1 aromatic heterocycles. The number of nitrogens with one attached hydrogen (secondary N) is 2. The second-order valence-corrected chi connectivity index (χ2v) is 4.79. The Bertz CT molecular complexity index is 325. The average Bonchev–Trinajstić information content (AvgIpc) is 2.36. The van der Waals surface area contributed by atoms with Crippen molar-refractivity contribution in [3.8, 4) is 0 Å². The molecule has 0 fully saturated rings. The molecule has 1 heterocycles. The molecule has 0 aliphatic rings. The van der Waals surface area contributed by atoms with Gasteiger partial charge in [0.15, 0.2) is 0 Å². The molecule has 0 saturated carbocycles. The van der Waals surface area contributed by atoms with Gasteiger partial charge in [-0.25, -0.2) is 4.98 Å². The zero-order valence-corrected chi connectivity index (χ0v) is 11.9. The van der Waals surface area contributed by atoms with Gasteiger partial charge < -0.3 is 15.5 Å². The van der Waals surface area contributed by atoms with Gasteiger partial charge in [0.2, 0.25) is 0 Å². The van der Waals surface area contributed by atoms with Crippen LogP contribution >= 0.6 is 0 Å². The van der Waals surface area contributed by atoms with Gasteiger partial charge in [-0.05, 0) is 46.0 Å². The van der Waals surface area contributed by atoms with Crippen LogP contribution < -0.4 is 10.6 Å². The molecule has 102 valence electrons. The fourth-order valence-electron chi connectivity index (χ4n) is 1.68. The second-order valence-electron chi connectivity index (χ2n) is 4.79.